The van der Waals surface area contributed by atoms with Crippen molar-refractivity contribution in [2.75, 3.05) is 7.11 Å². The number of ether oxygens (including phenoxy) is 2. The second-order valence-corrected chi connectivity index (χ2v) is 8.98. The van der Waals surface area contributed by atoms with Gasteiger partial charge in [0, 0.05) is 23.8 Å². The lowest BCUT2D eigenvalue weighted by atomic mass is 9.86. The SMILES string of the molecule is COC(=O)CCC(C)(c1ccc2c(C(F)(F)F)c(O[C@H]3CC[C@@H](C)CC3)ccc2c1)[N+](=O)[O-]. The molecule has 33 heavy (non-hydrogen) atoms. The van der Waals surface area contributed by atoms with E-state index in [0.29, 0.717) is 18.8 Å². The molecule has 1 saturated carbocycles. The van der Waals surface area contributed by atoms with E-state index >= 15 is 0 Å². The smallest absolute Gasteiger partial charge is 0.420 e. The summed E-state index contributed by atoms with van der Waals surface area (Å²) in [5.74, 6) is -0.274. The number of nitro groups is 1. The number of fused-ring (bicyclic) bond motifs is 1. The molecule has 0 heterocycles. The van der Waals surface area contributed by atoms with Crippen molar-refractivity contribution in [3.8, 4) is 5.75 Å². The molecule has 0 N–H and O–H groups in total. The number of hydrogen-bond donors (Lipinski definition) is 0. The van der Waals surface area contributed by atoms with Crippen LogP contribution in [0, 0.1) is 16.0 Å². The number of benzene rings is 2. The molecule has 0 spiro atoms. The molecule has 0 amide bonds. The Morgan fingerprint density at radius 1 is 1.15 bits per heavy atom. The quantitative estimate of drug-likeness (QED) is 0.273. The van der Waals surface area contributed by atoms with Gasteiger partial charge in [-0.2, -0.15) is 13.2 Å². The molecule has 1 aliphatic rings. The fraction of sp³-hybridized carbons (Fsp3) is 0.542. The van der Waals surface area contributed by atoms with Gasteiger partial charge in [-0.1, -0.05) is 25.1 Å². The van der Waals surface area contributed by atoms with Gasteiger partial charge in [-0.25, -0.2) is 0 Å². The van der Waals surface area contributed by atoms with E-state index in [0.717, 1.165) is 12.8 Å². The van der Waals surface area contributed by atoms with Crippen molar-refractivity contribution in [2.45, 2.75) is 70.2 Å². The van der Waals surface area contributed by atoms with Crippen LogP contribution in [0.15, 0.2) is 30.3 Å². The van der Waals surface area contributed by atoms with E-state index in [2.05, 4.69) is 11.7 Å². The van der Waals surface area contributed by atoms with E-state index in [4.69, 9.17) is 4.74 Å². The summed E-state index contributed by atoms with van der Waals surface area (Å²) in [6, 6.07) is 6.75. The van der Waals surface area contributed by atoms with Gasteiger partial charge in [0.2, 0.25) is 5.54 Å². The second-order valence-electron chi connectivity index (χ2n) is 8.98. The lowest BCUT2D eigenvalue weighted by Gasteiger charge is -2.28. The fourth-order valence-electron chi connectivity index (χ4n) is 4.35. The number of halogens is 3. The Kier molecular flexibility index (Phi) is 7.19. The first-order valence-electron chi connectivity index (χ1n) is 11.0. The van der Waals surface area contributed by atoms with Crippen LogP contribution < -0.4 is 4.74 Å². The lowest BCUT2D eigenvalue weighted by Crippen LogP contribution is -2.32. The van der Waals surface area contributed by atoms with Gasteiger partial charge in [0.05, 0.1) is 19.6 Å². The molecule has 1 atom stereocenters. The van der Waals surface area contributed by atoms with Crippen LogP contribution in [0.1, 0.15) is 63.5 Å². The van der Waals surface area contributed by atoms with Crippen LogP contribution in [-0.2, 0) is 21.2 Å². The maximum atomic E-state index is 14.1. The van der Waals surface area contributed by atoms with Crippen molar-refractivity contribution in [3.63, 3.8) is 0 Å². The molecule has 1 unspecified atom stereocenters. The summed E-state index contributed by atoms with van der Waals surface area (Å²) in [5.41, 5.74) is -2.32. The third-order valence-electron chi connectivity index (χ3n) is 6.59. The number of carbonyl (C=O) groups is 1. The van der Waals surface area contributed by atoms with Gasteiger partial charge in [-0.15, -0.1) is 0 Å². The molecule has 0 saturated heterocycles. The highest BCUT2D eigenvalue weighted by molar-refractivity contribution is 5.89. The predicted octanol–water partition coefficient (Wildman–Crippen LogP) is 6.26. The largest absolute Gasteiger partial charge is 0.490 e. The van der Waals surface area contributed by atoms with Gasteiger partial charge >= 0.3 is 12.1 Å². The molecule has 1 aliphatic carbocycles. The lowest BCUT2D eigenvalue weighted by molar-refractivity contribution is -0.575. The van der Waals surface area contributed by atoms with E-state index in [1.54, 1.807) is 0 Å². The zero-order chi connectivity index (χ0) is 24.4. The molecule has 6 nitrogen and oxygen atoms in total. The van der Waals surface area contributed by atoms with E-state index in [1.165, 1.54) is 44.4 Å². The zero-order valence-corrected chi connectivity index (χ0v) is 18.9. The van der Waals surface area contributed by atoms with Gasteiger partial charge in [0.15, 0.2) is 0 Å². The summed E-state index contributed by atoms with van der Waals surface area (Å²) in [4.78, 5) is 22.8. The maximum absolute atomic E-state index is 14.1. The van der Waals surface area contributed by atoms with Gasteiger partial charge < -0.3 is 9.47 Å². The van der Waals surface area contributed by atoms with Crippen molar-refractivity contribution in [1.82, 2.24) is 0 Å². The van der Waals surface area contributed by atoms with Gasteiger partial charge in [-0.05, 0) is 54.5 Å². The van der Waals surface area contributed by atoms with Crippen molar-refractivity contribution < 1.29 is 32.4 Å². The zero-order valence-electron chi connectivity index (χ0n) is 18.9. The fourth-order valence-corrected chi connectivity index (χ4v) is 4.35. The summed E-state index contributed by atoms with van der Waals surface area (Å²) in [6.07, 6.45) is -2.03. The third kappa shape index (κ3) is 5.39. The molecule has 1 fully saturated rings. The Bertz CT molecular complexity index is 1030. The average molecular weight is 467 g/mol. The van der Waals surface area contributed by atoms with Crippen molar-refractivity contribution in [3.05, 3.63) is 51.6 Å². The first-order chi connectivity index (χ1) is 15.5. The van der Waals surface area contributed by atoms with E-state index in [9.17, 15) is 28.1 Å². The summed E-state index contributed by atoms with van der Waals surface area (Å²) in [6.45, 7) is 3.47. The van der Waals surface area contributed by atoms with Gasteiger partial charge in [0.25, 0.3) is 0 Å². The summed E-state index contributed by atoms with van der Waals surface area (Å²) >= 11 is 0. The molecule has 0 aliphatic heterocycles. The first kappa shape index (κ1) is 24.8. The number of methoxy groups -OCH3 is 1. The molecule has 0 bridgehead atoms. The highest BCUT2D eigenvalue weighted by atomic mass is 19.4. The van der Waals surface area contributed by atoms with Crippen molar-refractivity contribution in [2.24, 2.45) is 5.92 Å². The summed E-state index contributed by atoms with van der Waals surface area (Å²) < 4.78 is 52.6. The predicted molar refractivity (Wildman–Crippen MR) is 117 cm³/mol. The number of hydrogen-bond acceptors (Lipinski definition) is 5. The monoisotopic (exact) mass is 467 g/mol. The van der Waals surface area contributed by atoms with Crippen molar-refractivity contribution >= 4 is 16.7 Å². The normalized spacial score (nSPS) is 20.8. The number of carbonyl (C=O) groups excluding carboxylic acids is 1. The molecular formula is C24H28F3NO5. The van der Waals surface area contributed by atoms with E-state index in [1.807, 2.05) is 0 Å². The number of alkyl halides is 3. The minimum Gasteiger partial charge on any atom is -0.490 e. The minimum atomic E-state index is -4.66. The molecule has 0 radical (unpaired) electrons. The van der Waals surface area contributed by atoms with Crippen LogP contribution in [0.3, 0.4) is 0 Å². The van der Waals surface area contributed by atoms with E-state index in [-0.39, 0.29) is 41.0 Å². The minimum absolute atomic E-state index is 0.0772. The van der Waals surface area contributed by atoms with Crippen LogP contribution >= 0.6 is 0 Å². The molecule has 0 aromatic heterocycles. The molecular weight excluding hydrogens is 439 g/mol. The third-order valence-corrected chi connectivity index (χ3v) is 6.59. The Hall–Kier alpha value is -2.84. The van der Waals surface area contributed by atoms with Crippen molar-refractivity contribution in [1.29, 1.82) is 0 Å². The molecule has 9 heteroatoms. The van der Waals surface area contributed by atoms with E-state index < -0.39 is 28.2 Å². The van der Waals surface area contributed by atoms with Crippen LogP contribution in [0.25, 0.3) is 10.8 Å². The Balaban J connectivity index is 2.01. The van der Waals surface area contributed by atoms with Crippen LogP contribution in [0.5, 0.6) is 5.75 Å². The standard InChI is InChI=1S/C24H28F3NO5/c1-15-4-8-18(9-5-15)33-20-11-6-16-14-17(7-10-19(16)22(20)24(25,26)27)23(2,28(30)31)13-12-21(29)32-3/h6-7,10-11,14-15,18H,4-5,8-9,12-13H2,1-3H3/t15-,18+,23?. The number of rotatable bonds is 7. The van der Waals surface area contributed by atoms with Gasteiger partial charge in [0.1, 0.15) is 11.3 Å². The molecule has 2 aromatic rings. The van der Waals surface area contributed by atoms with Crippen LogP contribution in [0.2, 0.25) is 0 Å². The second kappa shape index (κ2) is 9.57. The molecule has 2 aromatic carbocycles. The summed E-state index contributed by atoms with van der Waals surface area (Å²) in [7, 11) is 1.19. The average Bonchev–Trinajstić information content (AvgIpc) is 2.77. The number of nitrogens with zero attached hydrogens (tertiary/aromatic N) is 1. The Morgan fingerprint density at radius 2 is 1.82 bits per heavy atom. The topological polar surface area (TPSA) is 78.7 Å². The highest BCUT2D eigenvalue weighted by Gasteiger charge is 2.41. The number of esters is 1. The molecule has 180 valence electrons. The molecule has 3 rings (SSSR count). The first-order valence-corrected chi connectivity index (χ1v) is 11.0. The highest BCUT2D eigenvalue weighted by Crippen LogP contribution is 2.43. The van der Waals surface area contributed by atoms with Gasteiger partial charge in [-0.3, -0.25) is 14.9 Å². The Morgan fingerprint density at radius 3 is 2.39 bits per heavy atom. The summed E-state index contributed by atoms with van der Waals surface area (Å²) in [5, 5.41) is 12.0. The maximum Gasteiger partial charge on any atom is 0.420 e. The van der Waals surface area contributed by atoms with Crippen LogP contribution in [0.4, 0.5) is 13.2 Å². The van der Waals surface area contributed by atoms with Crippen LogP contribution in [-0.4, -0.2) is 24.1 Å². The Labute approximate surface area is 190 Å².